The fraction of sp³-hybridized carbons (Fsp3) is 0.190. The van der Waals surface area contributed by atoms with Gasteiger partial charge in [-0.15, -0.1) is 5.10 Å². The van der Waals surface area contributed by atoms with Crippen LogP contribution in [0, 0.1) is 0 Å². The zero-order valence-corrected chi connectivity index (χ0v) is 16.2. The second-order valence-electron chi connectivity index (χ2n) is 6.22. The first-order chi connectivity index (χ1) is 13.9. The van der Waals surface area contributed by atoms with Crippen molar-refractivity contribution in [1.29, 1.82) is 0 Å². The normalized spacial score (nSPS) is 11.0. The average molecular weight is 392 g/mol. The molecule has 0 spiro atoms. The molecule has 2 aromatic carbocycles. The number of nitrogens with zero attached hydrogens (tertiary/aromatic N) is 4. The molecule has 0 aliphatic heterocycles. The highest BCUT2D eigenvalue weighted by Crippen LogP contribution is 2.22. The molecule has 0 unspecified atom stereocenters. The van der Waals surface area contributed by atoms with Gasteiger partial charge in [0.25, 0.3) is 0 Å². The Hall–Kier alpha value is -2.90. The van der Waals surface area contributed by atoms with Crippen LogP contribution in [-0.2, 0) is 6.54 Å². The molecule has 1 N–H and O–H groups in total. The Kier molecular flexibility index (Phi) is 6.16. The monoisotopic (exact) mass is 391 g/mol. The highest BCUT2D eigenvalue weighted by atomic mass is 32.2. The number of para-hydroxylation sites is 1. The number of nitrogens with one attached hydrogen (secondary N) is 1. The van der Waals surface area contributed by atoms with E-state index in [1.165, 1.54) is 0 Å². The van der Waals surface area contributed by atoms with E-state index in [1.54, 1.807) is 16.4 Å². The van der Waals surface area contributed by atoms with E-state index in [0.717, 1.165) is 53.2 Å². The lowest BCUT2D eigenvalue weighted by atomic mass is 10.2. The van der Waals surface area contributed by atoms with Crippen molar-refractivity contribution in [3.63, 3.8) is 0 Å². The molecule has 0 bridgehead atoms. The van der Waals surface area contributed by atoms with E-state index in [9.17, 15) is 0 Å². The van der Waals surface area contributed by atoms with Crippen molar-refractivity contribution in [3.8, 4) is 17.0 Å². The van der Waals surface area contributed by atoms with Gasteiger partial charge in [-0.25, -0.2) is 0 Å². The highest BCUT2D eigenvalue weighted by Gasteiger charge is 2.08. The van der Waals surface area contributed by atoms with Crippen LogP contribution in [0.15, 0.2) is 82.4 Å². The lowest BCUT2D eigenvalue weighted by Gasteiger charge is -2.05. The van der Waals surface area contributed by atoms with Crippen molar-refractivity contribution in [3.05, 3.63) is 78.6 Å². The van der Waals surface area contributed by atoms with Crippen LogP contribution < -0.4 is 5.32 Å². The maximum Gasteiger partial charge on any atom is 0.214 e. The first-order valence-corrected chi connectivity index (χ1v) is 10.2. The van der Waals surface area contributed by atoms with Crippen molar-refractivity contribution >= 4 is 11.8 Å². The molecule has 0 atom stereocenters. The van der Waals surface area contributed by atoms with Gasteiger partial charge in [0.15, 0.2) is 0 Å². The molecule has 6 nitrogen and oxygen atoms in total. The molecule has 2 heterocycles. The number of tetrazole rings is 1. The molecule has 4 rings (SSSR count). The molecule has 0 aliphatic carbocycles. The van der Waals surface area contributed by atoms with Gasteiger partial charge >= 0.3 is 0 Å². The molecule has 28 heavy (non-hydrogen) atoms. The summed E-state index contributed by atoms with van der Waals surface area (Å²) in [6.07, 6.45) is 1.01. The quantitative estimate of drug-likeness (QED) is 0.341. The number of aromatic nitrogens is 4. The van der Waals surface area contributed by atoms with Crippen LogP contribution in [0.5, 0.6) is 0 Å². The summed E-state index contributed by atoms with van der Waals surface area (Å²) in [5.74, 6) is 2.79. The summed E-state index contributed by atoms with van der Waals surface area (Å²) in [5, 5.41) is 16.2. The van der Waals surface area contributed by atoms with E-state index >= 15 is 0 Å². The average Bonchev–Trinajstić information content (AvgIpc) is 3.42. The fourth-order valence-corrected chi connectivity index (χ4v) is 3.63. The van der Waals surface area contributed by atoms with E-state index in [4.69, 9.17) is 4.42 Å². The van der Waals surface area contributed by atoms with E-state index in [0.29, 0.717) is 0 Å². The molecule has 0 aliphatic rings. The molecule has 0 saturated heterocycles. The third kappa shape index (κ3) is 4.68. The summed E-state index contributed by atoms with van der Waals surface area (Å²) < 4.78 is 7.67. The predicted octanol–water partition coefficient (Wildman–Crippen LogP) is 4.19. The van der Waals surface area contributed by atoms with Crippen molar-refractivity contribution in [1.82, 2.24) is 25.5 Å². The van der Waals surface area contributed by atoms with Gasteiger partial charge in [0.1, 0.15) is 11.5 Å². The van der Waals surface area contributed by atoms with Gasteiger partial charge in [0.05, 0.1) is 12.2 Å². The minimum absolute atomic E-state index is 0.721. The van der Waals surface area contributed by atoms with E-state index in [1.807, 2.05) is 60.7 Å². The third-order valence-corrected chi connectivity index (χ3v) is 5.20. The van der Waals surface area contributed by atoms with Gasteiger partial charge < -0.3 is 9.73 Å². The number of benzene rings is 2. The van der Waals surface area contributed by atoms with Crippen LogP contribution in [-0.4, -0.2) is 32.5 Å². The summed E-state index contributed by atoms with van der Waals surface area (Å²) in [6, 6.07) is 24.1. The standard InChI is InChI=1S/C21H21N5OS/c1-3-8-17(9-4-1)20-13-12-19(27-20)16-22-14-7-15-28-21-23-24-25-26(21)18-10-5-2-6-11-18/h1-6,8-13,22H,7,14-16H2. The lowest BCUT2D eigenvalue weighted by molar-refractivity contribution is 0.494. The Labute approximate surface area is 168 Å². The zero-order valence-electron chi connectivity index (χ0n) is 15.4. The maximum atomic E-state index is 5.90. The van der Waals surface area contributed by atoms with Crippen molar-refractivity contribution in [2.75, 3.05) is 12.3 Å². The Morgan fingerprint density at radius 3 is 2.54 bits per heavy atom. The highest BCUT2D eigenvalue weighted by molar-refractivity contribution is 7.99. The molecular formula is C21H21N5OS. The SMILES string of the molecule is c1ccc(-c2ccc(CNCCCSc3nnnn3-c3ccccc3)o2)cc1. The van der Waals surface area contributed by atoms with Gasteiger partial charge in [-0.05, 0) is 47.7 Å². The topological polar surface area (TPSA) is 68.8 Å². The van der Waals surface area contributed by atoms with E-state index in [-0.39, 0.29) is 0 Å². The van der Waals surface area contributed by atoms with Gasteiger partial charge in [-0.1, -0.05) is 60.3 Å². The molecular weight excluding hydrogens is 370 g/mol. The molecule has 2 aromatic heterocycles. The maximum absolute atomic E-state index is 5.90. The van der Waals surface area contributed by atoms with Crippen molar-refractivity contribution < 1.29 is 4.42 Å². The van der Waals surface area contributed by atoms with Crippen LogP contribution in [0.2, 0.25) is 0 Å². The van der Waals surface area contributed by atoms with Gasteiger partial charge in [0, 0.05) is 11.3 Å². The minimum Gasteiger partial charge on any atom is -0.460 e. The summed E-state index contributed by atoms with van der Waals surface area (Å²) >= 11 is 1.66. The number of thioether (sulfide) groups is 1. The molecule has 4 aromatic rings. The van der Waals surface area contributed by atoms with Crippen molar-refractivity contribution in [2.24, 2.45) is 0 Å². The first kappa shape index (κ1) is 18.5. The van der Waals surface area contributed by atoms with Gasteiger partial charge in [-0.2, -0.15) is 4.68 Å². The largest absolute Gasteiger partial charge is 0.460 e. The fourth-order valence-electron chi connectivity index (χ4n) is 2.80. The number of furan rings is 1. The van der Waals surface area contributed by atoms with Gasteiger partial charge in [-0.3, -0.25) is 0 Å². The van der Waals surface area contributed by atoms with Crippen LogP contribution in [0.4, 0.5) is 0 Å². The van der Waals surface area contributed by atoms with E-state index < -0.39 is 0 Å². The Balaban J connectivity index is 1.20. The van der Waals surface area contributed by atoms with Crippen molar-refractivity contribution in [2.45, 2.75) is 18.1 Å². The Bertz CT molecular complexity index is 984. The third-order valence-electron chi connectivity index (χ3n) is 4.19. The molecule has 0 saturated carbocycles. The molecule has 142 valence electrons. The molecule has 0 fully saturated rings. The smallest absolute Gasteiger partial charge is 0.214 e. The second kappa shape index (κ2) is 9.34. The van der Waals surface area contributed by atoms with Gasteiger partial charge in [0.2, 0.25) is 5.16 Å². The number of rotatable bonds is 9. The molecule has 7 heteroatoms. The first-order valence-electron chi connectivity index (χ1n) is 9.21. The Morgan fingerprint density at radius 1 is 0.929 bits per heavy atom. The number of hydrogen-bond donors (Lipinski definition) is 1. The minimum atomic E-state index is 0.721. The summed E-state index contributed by atoms with van der Waals surface area (Å²) in [6.45, 7) is 1.63. The summed E-state index contributed by atoms with van der Waals surface area (Å²) in [5.41, 5.74) is 2.07. The van der Waals surface area contributed by atoms with E-state index in [2.05, 4.69) is 33.0 Å². The lowest BCUT2D eigenvalue weighted by Crippen LogP contribution is -2.14. The summed E-state index contributed by atoms with van der Waals surface area (Å²) in [7, 11) is 0. The van der Waals surface area contributed by atoms with Crippen LogP contribution in [0.3, 0.4) is 0 Å². The van der Waals surface area contributed by atoms with Crippen LogP contribution in [0.25, 0.3) is 17.0 Å². The summed E-state index contributed by atoms with van der Waals surface area (Å²) in [4.78, 5) is 0. The molecule has 0 radical (unpaired) electrons. The second-order valence-corrected chi connectivity index (χ2v) is 7.28. The number of hydrogen-bond acceptors (Lipinski definition) is 6. The van der Waals surface area contributed by atoms with Crippen LogP contribution >= 0.6 is 11.8 Å². The van der Waals surface area contributed by atoms with Crippen LogP contribution in [0.1, 0.15) is 12.2 Å². The Morgan fingerprint density at radius 2 is 1.71 bits per heavy atom. The zero-order chi connectivity index (χ0) is 19.0. The molecule has 0 amide bonds. The predicted molar refractivity (Wildman–Crippen MR) is 110 cm³/mol.